The number of nitrogens with zero attached hydrogens (tertiary/aromatic N) is 2. The normalized spacial score (nSPS) is 19.9. The molecule has 0 saturated carbocycles. The van der Waals surface area contributed by atoms with Crippen LogP contribution in [0.5, 0.6) is 11.5 Å². The zero-order valence-electron chi connectivity index (χ0n) is 15.1. The minimum atomic E-state index is 0.157. The lowest BCUT2D eigenvalue weighted by Crippen LogP contribution is -2.36. The van der Waals surface area contributed by atoms with Gasteiger partial charge >= 0.3 is 0 Å². The van der Waals surface area contributed by atoms with Gasteiger partial charge in [-0.2, -0.15) is 0 Å². The Bertz CT molecular complexity index is 730. The van der Waals surface area contributed by atoms with Crippen molar-refractivity contribution in [3.05, 3.63) is 42.1 Å². The monoisotopic (exact) mass is 355 g/mol. The van der Waals surface area contributed by atoms with Crippen molar-refractivity contribution in [3.8, 4) is 11.5 Å². The SMILES string of the molecule is COc1ccc2c(c1)C(Nc1ccc(N3CCOCC3)cn1)CCCO2. The third-order valence-electron chi connectivity index (χ3n) is 4.93. The average Bonchev–Trinajstić information content (AvgIpc) is 2.91. The number of pyridine rings is 1. The highest BCUT2D eigenvalue weighted by Gasteiger charge is 2.21. The zero-order chi connectivity index (χ0) is 17.8. The van der Waals surface area contributed by atoms with Crippen LogP contribution in [-0.2, 0) is 4.74 Å². The first-order valence-corrected chi connectivity index (χ1v) is 9.19. The Hall–Kier alpha value is -2.47. The molecule has 0 bridgehead atoms. The summed E-state index contributed by atoms with van der Waals surface area (Å²) < 4.78 is 16.7. The van der Waals surface area contributed by atoms with Crippen molar-refractivity contribution in [3.63, 3.8) is 0 Å². The van der Waals surface area contributed by atoms with Crippen LogP contribution in [0.25, 0.3) is 0 Å². The van der Waals surface area contributed by atoms with Gasteiger partial charge in [-0.1, -0.05) is 0 Å². The van der Waals surface area contributed by atoms with E-state index in [0.717, 1.165) is 74.3 Å². The predicted octanol–water partition coefficient (Wildman–Crippen LogP) is 3.25. The quantitative estimate of drug-likeness (QED) is 0.909. The smallest absolute Gasteiger partial charge is 0.126 e. The number of nitrogens with one attached hydrogen (secondary N) is 1. The fraction of sp³-hybridized carbons (Fsp3) is 0.450. The highest BCUT2D eigenvalue weighted by molar-refractivity contribution is 5.52. The molecule has 0 radical (unpaired) electrons. The first-order valence-electron chi connectivity index (χ1n) is 9.19. The summed E-state index contributed by atoms with van der Waals surface area (Å²) in [6.07, 6.45) is 3.93. The van der Waals surface area contributed by atoms with Crippen molar-refractivity contribution in [1.29, 1.82) is 0 Å². The Labute approximate surface area is 154 Å². The molecule has 3 heterocycles. The van der Waals surface area contributed by atoms with Gasteiger partial charge in [0.1, 0.15) is 17.3 Å². The maximum Gasteiger partial charge on any atom is 0.126 e. The summed E-state index contributed by atoms with van der Waals surface area (Å²) in [5.74, 6) is 2.64. The molecule has 0 spiro atoms. The second-order valence-electron chi connectivity index (χ2n) is 6.59. The van der Waals surface area contributed by atoms with E-state index >= 15 is 0 Å². The predicted molar refractivity (Wildman–Crippen MR) is 101 cm³/mol. The number of fused-ring (bicyclic) bond motifs is 1. The largest absolute Gasteiger partial charge is 0.497 e. The highest BCUT2D eigenvalue weighted by atomic mass is 16.5. The molecular formula is C20H25N3O3. The second-order valence-corrected chi connectivity index (χ2v) is 6.59. The highest BCUT2D eigenvalue weighted by Crippen LogP contribution is 2.36. The van der Waals surface area contributed by atoms with Gasteiger partial charge in [0.25, 0.3) is 0 Å². The Morgan fingerprint density at radius 2 is 2.04 bits per heavy atom. The first kappa shape index (κ1) is 17.0. The minimum absolute atomic E-state index is 0.157. The van der Waals surface area contributed by atoms with Crippen molar-refractivity contribution in [2.75, 3.05) is 50.2 Å². The summed E-state index contributed by atoms with van der Waals surface area (Å²) >= 11 is 0. The van der Waals surface area contributed by atoms with E-state index in [0.29, 0.717) is 0 Å². The van der Waals surface area contributed by atoms with Gasteiger partial charge in [0, 0.05) is 18.7 Å². The van der Waals surface area contributed by atoms with E-state index in [2.05, 4.69) is 33.4 Å². The summed E-state index contributed by atoms with van der Waals surface area (Å²) in [6, 6.07) is 10.3. The number of aromatic nitrogens is 1. The maximum absolute atomic E-state index is 5.88. The van der Waals surface area contributed by atoms with Gasteiger partial charge < -0.3 is 24.4 Å². The van der Waals surface area contributed by atoms with Gasteiger partial charge in [-0.25, -0.2) is 4.98 Å². The topological polar surface area (TPSA) is 55.9 Å². The summed E-state index contributed by atoms with van der Waals surface area (Å²) in [6.45, 7) is 4.13. The van der Waals surface area contributed by atoms with Crippen LogP contribution in [0.3, 0.4) is 0 Å². The Balaban J connectivity index is 1.51. The van der Waals surface area contributed by atoms with Gasteiger partial charge in [0.15, 0.2) is 0 Å². The van der Waals surface area contributed by atoms with Crippen LogP contribution >= 0.6 is 0 Å². The van der Waals surface area contributed by atoms with Crippen LogP contribution in [-0.4, -0.2) is 45.0 Å². The molecule has 138 valence electrons. The lowest BCUT2D eigenvalue weighted by atomic mass is 10.0. The first-order chi connectivity index (χ1) is 12.8. The molecule has 6 nitrogen and oxygen atoms in total. The molecule has 0 amide bonds. The molecule has 2 aromatic rings. The Kier molecular flexibility index (Phi) is 5.11. The molecule has 1 N–H and O–H groups in total. The summed E-state index contributed by atoms with van der Waals surface area (Å²) in [7, 11) is 1.69. The van der Waals surface area contributed by atoms with E-state index in [1.54, 1.807) is 7.11 Å². The molecule has 1 fully saturated rings. The standard InChI is InChI=1S/C20H25N3O3/c1-24-16-5-6-19-17(13-16)18(3-2-10-26-19)22-20-7-4-15(14-21-20)23-8-11-25-12-9-23/h4-7,13-14,18H,2-3,8-12H2,1H3,(H,21,22). The number of anilines is 2. The van der Waals surface area contributed by atoms with Crippen LogP contribution in [0.2, 0.25) is 0 Å². The van der Waals surface area contributed by atoms with E-state index in [-0.39, 0.29) is 6.04 Å². The van der Waals surface area contributed by atoms with Crippen molar-refractivity contribution in [2.24, 2.45) is 0 Å². The molecule has 1 unspecified atom stereocenters. The van der Waals surface area contributed by atoms with Crippen molar-refractivity contribution < 1.29 is 14.2 Å². The van der Waals surface area contributed by atoms with E-state index in [9.17, 15) is 0 Å². The van der Waals surface area contributed by atoms with E-state index in [1.165, 1.54) is 0 Å². The van der Waals surface area contributed by atoms with Crippen LogP contribution < -0.4 is 19.7 Å². The molecule has 0 aliphatic carbocycles. The van der Waals surface area contributed by atoms with Gasteiger partial charge in [-0.3, -0.25) is 0 Å². The molecule has 1 aromatic heterocycles. The maximum atomic E-state index is 5.88. The zero-order valence-corrected chi connectivity index (χ0v) is 15.1. The molecular weight excluding hydrogens is 330 g/mol. The lowest BCUT2D eigenvalue weighted by molar-refractivity contribution is 0.122. The summed E-state index contributed by atoms with van der Waals surface area (Å²) in [5, 5.41) is 3.57. The lowest BCUT2D eigenvalue weighted by Gasteiger charge is -2.28. The van der Waals surface area contributed by atoms with Gasteiger partial charge in [0.05, 0.1) is 44.9 Å². The summed E-state index contributed by atoms with van der Waals surface area (Å²) in [4.78, 5) is 6.93. The molecule has 1 atom stereocenters. The molecule has 4 rings (SSSR count). The Morgan fingerprint density at radius 3 is 2.81 bits per heavy atom. The van der Waals surface area contributed by atoms with Gasteiger partial charge in [-0.15, -0.1) is 0 Å². The minimum Gasteiger partial charge on any atom is -0.497 e. The molecule has 1 aromatic carbocycles. The van der Waals surface area contributed by atoms with Crippen molar-refractivity contribution in [2.45, 2.75) is 18.9 Å². The van der Waals surface area contributed by atoms with Gasteiger partial charge in [0.2, 0.25) is 0 Å². The van der Waals surface area contributed by atoms with Crippen LogP contribution in [0.15, 0.2) is 36.5 Å². The van der Waals surface area contributed by atoms with Crippen LogP contribution in [0, 0.1) is 0 Å². The molecule has 2 aliphatic heterocycles. The van der Waals surface area contributed by atoms with Crippen LogP contribution in [0.4, 0.5) is 11.5 Å². The van der Waals surface area contributed by atoms with E-state index in [4.69, 9.17) is 14.2 Å². The molecule has 2 aliphatic rings. The van der Waals surface area contributed by atoms with Crippen molar-refractivity contribution in [1.82, 2.24) is 4.98 Å². The number of hydrogen-bond acceptors (Lipinski definition) is 6. The number of morpholine rings is 1. The third-order valence-corrected chi connectivity index (χ3v) is 4.93. The van der Waals surface area contributed by atoms with E-state index < -0.39 is 0 Å². The number of hydrogen-bond donors (Lipinski definition) is 1. The second kappa shape index (κ2) is 7.83. The van der Waals surface area contributed by atoms with E-state index in [1.807, 2.05) is 18.3 Å². The Morgan fingerprint density at radius 1 is 1.15 bits per heavy atom. The van der Waals surface area contributed by atoms with Gasteiger partial charge in [-0.05, 0) is 43.2 Å². The summed E-state index contributed by atoms with van der Waals surface area (Å²) in [5.41, 5.74) is 2.27. The number of ether oxygens (including phenoxy) is 3. The van der Waals surface area contributed by atoms with Crippen molar-refractivity contribution >= 4 is 11.5 Å². The fourth-order valence-electron chi connectivity index (χ4n) is 3.49. The number of methoxy groups -OCH3 is 1. The van der Waals surface area contributed by atoms with Crippen LogP contribution in [0.1, 0.15) is 24.4 Å². The third kappa shape index (κ3) is 3.70. The molecule has 6 heteroatoms. The fourth-order valence-corrected chi connectivity index (χ4v) is 3.49. The average molecular weight is 355 g/mol. The molecule has 26 heavy (non-hydrogen) atoms. The number of benzene rings is 1. The molecule has 1 saturated heterocycles. The number of rotatable bonds is 4.